The van der Waals surface area contributed by atoms with Crippen LogP contribution in [-0.4, -0.2) is 20.0 Å². The van der Waals surface area contributed by atoms with Crippen LogP contribution in [0, 0.1) is 0 Å². The molecule has 0 amide bonds. The lowest BCUT2D eigenvalue weighted by molar-refractivity contribution is 0.112. The van der Waals surface area contributed by atoms with E-state index >= 15 is 0 Å². The van der Waals surface area contributed by atoms with E-state index in [2.05, 4.69) is 20.8 Å². The van der Waals surface area contributed by atoms with E-state index < -0.39 is 0 Å². The van der Waals surface area contributed by atoms with Crippen molar-refractivity contribution in [1.29, 1.82) is 0 Å². The predicted molar refractivity (Wildman–Crippen MR) is 99.4 cm³/mol. The van der Waals surface area contributed by atoms with Crippen LogP contribution in [0.3, 0.4) is 0 Å². The molecule has 4 nitrogen and oxygen atoms in total. The average Bonchev–Trinajstić information content (AvgIpc) is 2.62. The SMILES string of the molecule is CCCCOc1c(OC)cc(C=O)cc1Oc1ccccc1C(C)C. The maximum atomic E-state index is 11.3. The van der Waals surface area contributed by atoms with Gasteiger partial charge in [-0.05, 0) is 36.1 Å². The van der Waals surface area contributed by atoms with Crippen molar-refractivity contribution in [3.8, 4) is 23.0 Å². The number of aldehydes is 1. The molecule has 0 aliphatic heterocycles. The molecule has 0 radical (unpaired) electrons. The summed E-state index contributed by atoms with van der Waals surface area (Å²) in [5.41, 5.74) is 1.58. The van der Waals surface area contributed by atoms with Crippen molar-refractivity contribution in [1.82, 2.24) is 0 Å². The minimum Gasteiger partial charge on any atom is -0.493 e. The van der Waals surface area contributed by atoms with Gasteiger partial charge in [0, 0.05) is 5.56 Å². The molecule has 25 heavy (non-hydrogen) atoms. The summed E-state index contributed by atoms with van der Waals surface area (Å²) in [6.45, 7) is 6.90. The lowest BCUT2D eigenvalue weighted by Crippen LogP contribution is -2.03. The first kappa shape index (κ1) is 18.8. The molecule has 0 saturated carbocycles. The molecule has 0 N–H and O–H groups in total. The maximum Gasteiger partial charge on any atom is 0.204 e. The van der Waals surface area contributed by atoms with Crippen LogP contribution in [0.15, 0.2) is 36.4 Å². The van der Waals surface area contributed by atoms with Gasteiger partial charge >= 0.3 is 0 Å². The molecule has 2 aromatic rings. The van der Waals surface area contributed by atoms with Crippen LogP contribution in [-0.2, 0) is 0 Å². The Balaban J connectivity index is 2.45. The third-order valence-electron chi connectivity index (χ3n) is 3.90. The molecule has 0 aromatic heterocycles. The van der Waals surface area contributed by atoms with Gasteiger partial charge in [-0.15, -0.1) is 0 Å². The lowest BCUT2D eigenvalue weighted by atomic mass is 10.0. The molecule has 0 atom stereocenters. The predicted octanol–water partition coefficient (Wildman–Crippen LogP) is 5.60. The first-order valence-corrected chi connectivity index (χ1v) is 8.67. The Hall–Kier alpha value is -2.49. The topological polar surface area (TPSA) is 44.8 Å². The third-order valence-corrected chi connectivity index (χ3v) is 3.90. The Morgan fingerprint density at radius 1 is 1.08 bits per heavy atom. The summed E-state index contributed by atoms with van der Waals surface area (Å²) in [6.07, 6.45) is 2.74. The van der Waals surface area contributed by atoms with Gasteiger partial charge in [-0.3, -0.25) is 4.79 Å². The Labute approximate surface area is 149 Å². The Morgan fingerprint density at radius 3 is 2.44 bits per heavy atom. The molecular weight excluding hydrogens is 316 g/mol. The molecule has 0 bridgehead atoms. The molecule has 0 heterocycles. The summed E-state index contributed by atoms with van der Waals surface area (Å²) < 4.78 is 17.5. The fourth-order valence-corrected chi connectivity index (χ4v) is 2.52. The molecule has 0 aliphatic carbocycles. The second kappa shape index (κ2) is 9.11. The van der Waals surface area contributed by atoms with Gasteiger partial charge < -0.3 is 14.2 Å². The van der Waals surface area contributed by atoms with Crippen LogP contribution in [0.2, 0.25) is 0 Å². The zero-order valence-corrected chi connectivity index (χ0v) is 15.4. The number of carbonyl (C=O) groups excluding carboxylic acids is 1. The van der Waals surface area contributed by atoms with Crippen LogP contribution in [0.5, 0.6) is 23.0 Å². The number of para-hydroxylation sites is 1. The van der Waals surface area contributed by atoms with Crippen LogP contribution >= 0.6 is 0 Å². The first-order chi connectivity index (χ1) is 12.1. The number of hydrogen-bond acceptors (Lipinski definition) is 4. The van der Waals surface area contributed by atoms with E-state index in [0.717, 1.165) is 30.4 Å². The quantitative estimate of drug-likeness (QED) is 0.439. The van der Waals surface area contributed by atoms with Gasteiger partial charge in [0.2, 0.25) is 5.75 Å². The largest absolute Gasteiger partial charge is 0.493 e. The highest BCUT2D eigenvalue weighted by Crippen LogP contribution is 2.42. The van der Waals surface area contributed by atoms with Crippen molar-refractivity contribution < 1.29 is 19.0 Å². The fraction of sp³-hybridized carbons (Fsp3) is 0.381. The summed E-state index contributed by atoms with van der Waals surface area (Å²) in [6, 6.07) is 11.2. The molecule has 2 aromatic carbocycles. The molecule has 4 heteroatoms. The molecule has 0 saturated heterocycles. The normalized spacial score (nSPS) is 10.6. The minimum atomic E-state index is 0.316. The second-order valence-electron chi connectivity index (χ2n) is 6.16. The van der Waals surface area contributed by atoms with E-state index in [1.807, 2.05) is 24.3 Å². The fourth-order valence-electron chi connectivity index (χ4n) is 2.52. The summed E-state index contributed by atoms with van der Waals surface area (Å²) >= 11 is 0. The van der Waals surface area contributed by atoms with Crippen molar-refractivity contribution in [2.75, 3.05) is 13.7 Å². The van der Waals surface area contributed by atoms with Gasteiger partial charge in [0.1, 0.15) is 12.0 Å². The third kappa shape index (κ3) is 4.75. The molecule has 2 rings (SSSR count). The molecule has 0 spiro atoms. The molecule has 0 unspecified atom stereocenters. The average molecular weight is 342 g/mol. The maximum absolute atomic E-state index is 11.3. The number of ether oxygens (including phenoxy) is 3. The van der Waals surface area contributed by atoms with Gasteiger partial charge in [-0.2, -0.15) is 0 Å². The second-order valence-corrected chi connectivity index (χ2v) is 6.16. The van der Waals surface area contributed by atoms with Gasteiger partial charge in [-0.1, -0.05) is 45.4 Å². The monoisotopic (exact) mass is 342 g/mol. The summed E-state index contributed by atoms with van der Waals surface area (Å²) in [7, 11) is 1.56. The van der Waals surface area contributed by atoms with E-state index in [4.69, 9.17) is 14.2 Å². The minimum absolute atomic E-state index is 0.316. The van der Waals surface area contributed by atoms with Crippen molar-refractivity contribution in [3.05, 3.63) is 47.5 Å². The molecule has 134 valence electrons. The van der Waals surface area contributed by atoms with Crippen LogP contribution in [0.4, 0.5) is 0 Å². The standard InChI is InChI=1S/C21H26O4/c1-5-6-11-24-21-19(23-4)12-16(14-22)13-20(21)25-18-10-8-7-9-17(18)15(2)3/h7-10,12-15H,5-6,11H2,1-4H3. The smallest absolute Gasteiger partial charge is 0.204 e. The zero-order chi connectivity index (χ0) is 18.2. The first-order valence-electron chi connectivity index (χ1n) is 8.67. The Kier molecular flexibility index (Phi) is 6.87. The van der Waals surface area contributed by atoms with Crippen LogP contribution in [0.1, 0.15) is 55.5 Å². The number of rotatable bonds is 9. The summed E-state index contributed by atoms with van der Waals surface area (Å²) in [4.78, 5) is 11.3. The van der Waals surface area contributed by atoms with Crippen LogP contribution in [0.25, 0.3) is 0 Å². The van der Waals surface area contributed by atoms with E-state index in [0.29, 0.717) is 35.3 Å². The van der Waals surface area contributed by atoms with E-state index in [1.54, 1.807) is 19.2 Å². The number of methoxy groups -OCH3 is 1. The summed E-state index contributed by atoms with van der Waals surface area (Å²) in [5, 5.41) is 0. The van der Waals surface area contributed by atoms with Crippen molar-refractivity contribution in [3.63, 3.8) is 0 Å². The van der Waals surface area contributed by atoms with Crippen molar-refractivity contribution >= 4 is 6.29 Å². The van der Waals surface area contributed by atoms with Crippen LogP contribution < -0.4 is 14.2 Å². The molecular formula is C21H26O4. The number of unbranched alkanes of at least 4 members (excludes halogenated alkanes) is 1. The number of carbonyl (C=O) groups is 1. The number of hydrogen-bond donors (Lipinski definition) is 0. The van der Waals surface area contributed by atoms with E-state index in [1.165, 1.54) is 0 Å². The van der Waals surface area contributed by atoms with E-state index in [-0.39, 0.29) is 0 Å². The van der Waals surface area contributed by atoms with Crippen molar-refractivity contribution in [2.45, 2.75) is 39.5 Å². The summed E-state index contributed by atoms with van der Waals surface area (Å²) in [5.74, 6) is 2.59. The molecule has 0 fully saturated rings. The highest BCUT2D eigenvalue weighted by atomic mass is 16.5. The Morgan fingerprint density at radius 2 is 1.80 bits per heavy atom. The Bertz CT molecular complexity index is 707. The van der Waals surface area contributed by atoms with Gasteiger partial charge in [0.25, 0.3) is 0 Å². The van der Waals surface area contributed by atoms with E-state index in [9.17, 15) is 4.79 Å². The highest BCUT2D eigenvalue weighted by molar-refractivity contribution is 5.78. The number of benzene rings is 2. The highest BCUT2D eigenvalue weighted by Gasteiger charge is 2.17. The lowest BCUT2D eigenvalue weighted by Gasteiger charge is -2.18. The van der Waals surface area contributed by atoms with Gasteiger partial charge in [-0.25, -0.2) is 0 Å². The van der Waals surface area contributed by atoms with Gasteiger partial charge in [0.15, 0.2) is 11.5 Å². The van der Waals surface area contributed by atoms with Crippen molar-refractivity contribution in [2.24, 2.45) is 0 Å². The zero-order valence-electron chi connectivity index (χ0n) is 15.4. The molecule has 0 aliphatic rings. The van der Waals surface area contributed by atoms with Gasteiger partial charge in [0.05, 0.1) is 13.7 Å².